The van der Waals surface area contributed by atoms with Crippen LogP contribution in [0.3, 0.4) is 0 Å². The highest BCUT2D eigenvalue weighted by Crippen LogP contribution is 2.14. The van der Waals surface area contributed by atoms with Crippen molar-refractivity contribution in [1.82, 2.24) is 4.90 Å². The van der Waals surface area contributed by atoms with Gasteiger partial charge in [-0.3, -0.25) is 4.79 Å². The van der Waals surface area contributed by atoms with E-state index in [2.05, 4.69) is 0 Å². The molecule has 0 heterocycles. The van der Waals surface area contributed by atoms with Gasteiger partial charge in [-0.2, -0.15) is 5.26 Å². The molecule has 0 radical (unpaired) electrons. The molecule has 0 aliphatic carbocycles. The number of aliphatic carboxylic acids is 1. The minimum atomic E-state index is -1.14. The number of nitriles is 1. The van der Waals surface area contributed by atoms with Crippen molar-refractivity contribution in [2.45, 2.75) is 6.92 Å². The molecule has 1 amide bonds. The van der Waals surface area contributed by atoms with Crippen LogP contribution in [0.1, 0.15) is 22.8 Å². The van der Waals surface area contributed by atoms with Crippen molar-refractivity contribution in [3.63, 3.8) is 0 Å². The van der Waals surface area contributed by atoms with Gasteiger partial charge < -0.3 is 10.0 Å². The maximum atomic E-state index is 13.9. The van der Waals surface area contributed by atoms with Crippen molar-refractivity contribution >= 4 is 18.0 Å². The topological polar surface area (TPSA) is 81.4 Å². The number of carbonyl (C=O) groups excluding carboxylic acids is 1. The molecule has 1 unspecified atom stereocenters. The number of hydrogen-bond acceptors (Lipinski definition) is 3. The zero-order valence-electron chi connectivity index (χ0n) is 11.7. The smallest absolute Gasteiger partial charge is 0.328 e. The Balaban J connectivity index is 2.92. The normalized spacial score (nSPS) is 11.9. The summed E-state index contributed by atoms with van der Waals surface area (Å²) >= 11 is 0. The van der Waals surface area contributed by atoms with Gasteiger partial charge in [-0.15, -0.1) is 0 Å². The lowest BCUT2D eigenvalue weighted by atomic mass is 10.1. The minimum Gasteiger partial charge on any atom is -0.478 e. The number of carbonyl (C=O) groups is 2. The zero-order valence-corrected chi connectivity index (χ0v) is 11.7. The fourth-order valence-corrected chi connectivity index (χ4v) is 1.72. The molecule has 5 nitrogen and oxygen atoms in total. The van der Waals surface area contributed by atoms with E-state index in [0.29, 0.717) is 5.56 Å². The van der Waals surface area contributed by atoms with Crippen LogP contribution >= 0.6 is 0 Å². The Morgan fingerprint density at radius 3 is 2.71 bits per heavy atom. The summed E-state index contributed by atoms with van der Waals surface area (Å²) < 4.78 is 13.9. The Kier molecular flexibility index (Phi) is 5.61. The van der Waals surface area contributed by atoms with Crippen LogP contribution in [0.25, 0.3) is 6.08 Å². The molecule has 0 saturated heterocycles. The van der Waals surface area contributed by atoms with Crippen LogP contribution < -0.4 is 0 Å². The number of halogens is 1. The van der Waals surface area contributed by atoms with Crippen LogP contribution in [0.15, 0.2) is 24.3 Å². The SMILES string of the molecule is CC(C#N)CN(C)C(=O)c1ccc(C=CC(=O)O)cc1F. The van der Waals surface area contributed by atoms with Crippen LogP contribution in [-0.4, -0.2) is 35.5 Å². The number of carboxylic acid groups (broad SMARTS) is 1. The van der Waals surface area contributed by atoms with E-state index in [4.69, 9.17) is 10.4 Å². The molecule has 0 aliphatic rings. The third-order valence-corrected chi connectivity index (χ3v) is 2.76. The number of rotatable bonds is 5. The molecule has 1 rings (SSSR count). The minimum absolute atomic E-state index is 0.116. The van der Waals surface area contributed by atoms with Crippen molar-refractivity contribution in [3.05, 3.63) is 41.2 Å². The Morgan fingerprint density at radius 1 is 1.52 bits per heavy atom. The van der Waals surface area contributed by atoms with Crippen molar-refractivity contribution in [2.24, 2.45) is 5.92 Å². The number of amides is 1. The quantitative estimate of drug-likeness (QED) is 0.842. The van der Waals surface area contributed by atoms with Crippen molar-refractivity contribution in [1.29, 1.82) is 5.26 Å². The van der Waals surface area contributed by atoms with Gasteiger partial charge in [0.1, 0.15) is 5.82 Å². The van der Waals surface area contributed by atoms with E-state index in [1.54, 1.807) is 6.92 Å². The summed E-state index contributed by atoms with van der Waals surface area (Å²) in [6, 6.07) is 5.85. The maximum Gasteiger partial charge on any atom is 0.328 e. The number of nitrogens with zero attached hydrogens (tertiary/aromatic N) is 2. The average Bonchev–Trinajstić information content (AvgIpc) is 2.44. The molecular weight excluding hydrogens is 275 g/mol. The fourth-order valence-electron chi connectivity index (χ4n) is 1.72. The molecule has 1 atom stereocenters. The van der Waals surface area contributed by atoms with Gasteiger partial charge in [0.2, 0.25) is 0 Å². The summed E-state index contributed by atoms with van der Waals surface area (Å²) in [6.07, 6.45) is 2.12. The predicted octanol–water partition coefficient (Wildman–Crippen LogP) is 2.16. The molecule has 0 saturated carbocycles. The summed E-state index contributed by atoms with van der Waals surface area (Å²) in [7, 11) is 1.49. The highest BCUT2D eigenvalue weighted by atomic mass is 19.1. The fraction of sp³-hybridized carbons (Fsp3) is 0.267. The third kappa shape index (κ3) is 4.73. The lowest BCUT2D eigenvalue weighted by Gasteiger charge is -2.18. The monoisotopic (exact) mass is 290 g/mol. The maximum absolute atomic E-state index is 13.9. The second-order valence-electron chi connectivity index (χ2n) is 4.63. The number of benzene rings is 1. The lowest BCUT2D eigenvalue weighted by molar-refractivity contribution is -0.131. The average molecular weight is 290 g/mol. The lowest BCUT2D eigenvalue weighted by Crippen LogP contribution is -2.31. The van der Waals surface area contributed by atoms with Gasteiger partial charge in [-0.1, -0.05) is 6.07 Å². The van der Waals surface area contributed by atoms with Crippen LogP contribution in [0, 0.1) is 23.1 Å². The van der Waals surface area contributed by atoms with Crippen LogP contribution in [-0.2, 0) is 4.79 Å². The van der Waals surface area contributed by atoms with E-state index in [-0.39, 0.29) is 18.0 Å². The Morgan fingerprint density at radius 2 is 2.19 bits per heavy atom. The molecule has 1 aromatic carbocycles. The predicted molar refractivity (Wildman–Crippen MR) is 74.8 cm³/mol. The van der Waals surface area contributed by atoms with E-state index in [1.807, 2.05) is 6.07 Å². The first-order valence-electron chi connectivity index (χ1n) is 6.20. The van der Waals surface area contributed by atoms with Crippen LogP contribution in [0.2, 0.25) is 0 Å². The van der Waals surface area contributed by atoms with Gasteiger partial charge in [0, 0.05) is 19.7 Å². The molecule has 6 heteroatoms. The van der Waals surface area contributed by atoms with Crippen molar-refractivity contribution in [2.75, 3.05) is 13.6 Å². The molecule has 21 heavy (non-hydrogen) atoms. The summed E-state index contributed by atoms with van der Waals surface area (Å²) in [6.45, 7) is 1.87. The van der Waals surface area contributed by atoms with Crippen LogP contribution in [0.5, 0.6) is 0 Å². The molecule has 110 valence electrons. The molecule has 0 aliphatic heterocycles. The standard InChI is InChI=1S/C15H15FN2O3/c1-10(8-17)9-18(2)15(21)12-5-3-11(7-13(12)16)4-6-14(19)20/h3-7,10H,9H2,1-2H3,(H,19,20). The molecule has 0 bridgehead atoms. The van der Waals surface area contributed by atoms with E-state index in [9.17, 15) is 14.0 Å². The first kappa shape index (κ1) is 16.4. The van der Waals surface area contributed by atoms with Crippen molar-refractivity contribution < 1.29 is 19.1 Å². The Bertz CT molecular complexity index is 620. The molecule has 0 spiro atoms. The second-order valence-corrected chi connectivity index (χ2v) is 4.63. The van der Waals surface area contributed by atoms with Crippen molar-refractivity contribution in [3.8, 4) is 6.07 Å². The van der Waals surface area contributed by atoms with Gasteiger partial charge >= 0.3 is 5.97 Å². The van der Waals surface area contributed by atoms with E-state index < -0.39 is 17.7 Å². The first-order chi connectivity index (χ1) is 9.85. The summed E-state index contributed by atoms with van der Waals surface area (Å²) in [5, 5.41) is 17.2. The van der Waals surface area contributed by atoms with Crippen LogP contribution in [0.4, 0.5) is 4.39 Å². The van der Waals surface area contributed by atoms with E-state index in [0.717, 1.165) is 12.1 Å². The molecular formula is C15H15FN2O3. The summed E-state index contributed by atoms with van der Waals surface area (Å²) in [5.41, 5.74) is 0.231. The molecule has 1 N–H and O–H groups in total. The van der Waals surface area contributed by atoms with Gasteiger partial charge in [0.15, 0.2) is 0 Å². The second kappa shape index (κ2) is 7.20. The molecule has 0 fully saturated rings. The first-order valence-corrected chi connectivity index (χ1v) is 6.20. The van der Waals surface area contributed by atoms with Gasteiger partial charge in [0.05, 0.1) is 17.6 Å². The highest BCUT2D eigenvalue weighted by molar-refractivity contribution is 5.94. The Hall–Kier alpha value is -2.68. The Labute approximate surface area is 121 Å². The van der Waals surface area contributed by atoms with E-state index in [1.165, 1.54) is 30.2 Å². The van der Waals surface area contributed by atoms with Gasteiger partial charge in [-0.05, 0) is 30.7 Å². The highest BCUT2D eigenvalue weighted by Gasteiger charge is 2.17. The van der Waals surface area contributed by atoms with Gasteiger partial charge in [-0.25, -0.2) is 9.18 Å². The summed E-state index contributed by atoms with van der Waals surface area (Å²) in [5.74, 6) is -2.74. The van der Waals surface area contributed by atoms with Gasteiger partial charge in [0.25, 0.3) is 5.91 Å². The zero-order chi connectivity index (χ0) is 16.0. The molecule has 0 aromatic heterocycles. The van der Waals surface area contributed by atoms with E-state index >= 15 is 0 Å². The number of hydrogen-bond donors (Lipinski definition) is 1. The number of carboxylic acids is 1. The summed E-state index contributed by atoms with van der Waals surface area (Å²) in [4.78, 5) is 23.7. The third-order valence-electron chi connectivity index (χ3n) is 2.76. The molecule has 1 aromatic rings. The largest absolute Gasteiger partial charge is 0.478 e.